The van der Waals surface area contributed by atoms with Crippen molar-refractivity contribution in [2.45, 2.75) is 39.7 Å². The van der Waals surface area contributed by atoms with Gasteiger partial charge in [0.1, 0.15) is 0 Å². The number of quaternary nitrogens is 1. The van der Waals surface area contributed by atoms with Crippen LogP contribution in [0.1, 0.15) is 42.7 Å². The molecule has 4 nitrogen and oxygen atoms in total. The van der Waals surface area contributed by atoms with Gasteiger partial charge in [-0.25, -0.2) is 0 Å². The van der Waals surface area contributed by atoms with Crippen LogP contribution in [0.25, 0.3) is 0 Å². The van der Waals surface area contributed by atoms with Crippen LogP contribution in [-0.4, -0.2) is 47.7 Å². The summed E-state index contributed by atoms with van der Waals surface area (Å²) in [5.74, 6) is 0.251. The van der Waals surface area contributed by atoms with Gasteiger partial charge in [0.2, 0.25) is 0 Å². The number of aryl methyl sites for hydroxylation is 1. The van der Waals surface area contributed by atoms with Crippen molar-refractivity contribution in [3.05, 3.63) is 17.5 Å². The van der Waals surface area contributed by atoms with Gasteiger partial charge >= 0.3 is 0 Å². The maximum absolute atomic E-state index is 12.2. The van der Waals surface area contributed by atoms with Crippen molar-refractivity contribution >= 4 is 5.78 Å². The third-order valence-electron chi connectivity index (χ3n) is 3.29. The molecule has 1 aromatic rings. The van der Waals surface area contributed by atoms with Crippen LogP contribution in [0.5, 0.6) is 0 Å². The van der Waals surface area contributed by atoms with Crippen LogP contribution < -0.4 is 0 Å². The molecule has 0 saturated carbocycles. The fourth-order valence-corrected chi connectivity index (χ4v) is 2.23. The summed E-state index contributed by atoms with van der Waals surface area (Å²) in [6.45, 7) is 1.85. The van der Waals surface area contributed by atoms with Crippen molar-refractivity contribution in [1.82, 2.24) is 9.78 Å². The second-order valence-electron chi connectivity index (χ2n) is 5.87. The van der Waals surface area contributed by atoms with E-state index in [1.165, 1.54) is 12.8 Å². The van der Waals surface area contributed by atoms with E-state index in [1.807, 2.05) is 4.68 Å². The van der Waals surface area contributed by atoms with E-state index < -0.39 is 0 Å². The molecule has 2 heterocycles. The van der Waals surface area contributed by atoms with Gasteiger partial charge in [0, 0.05) is 12.2 Å². The second kappa shape index (κ2) is 5.65. The summed E-state index contributed by atoms with van der Waals surface area (Å²) in [7, 11) is 6.34. The maximum atomic E-state index is 12.2. The number of hydrogen-bond donors (Lipinski definition) is 0. The first kappa shape index (κ1) is 14.9. The number of carbonyl (C=O) groups is 1. The predicted molar refractivity (Wildman–Crippen MR) is 73.7 cm³/mol. The van der Waals surface area contributed by atoms with E-state index in [9.17, 15) is 4.79 Å². The molecule has 0 fully saturated rings. The average Bonchev–Trinajstić information content (AvgIpc) is 2.68. The molecule has 102 valence electrons. The lowest BCUT2D eigenvalue weighted by molar-refractivity contribution is -0.869. The monoisotopic (exact) mass is 252 g/mol. The second-order valence-corrected chi connectivity index (χ2v) is 5.87. The van der Waals surface area contributed by atoms with Crippen LogP contribution in [0.2, 0.25) is 0 Å². The number of nitrogens with zero attached hydrogens (tertiary/aromatic N) is 3. The highest BCUT2D eigenvalue weighted by Crippen LogP contribution is 2.19. The van der Waals surface area contributed by atoms with Gasteiger partial charge in [-0.05, 0) is 19.3 Å². The summed E-state index contributed by atoms with van der Waals surface area (Å²) < 4.78 is 2.83. The molecule has 0 aromatic carbocycles. The van der Waals surface area contributed by atoms with E-state index in [4.69, 9.17) is 0 Å². The summed E-state index contributed by atoms with van der Waals surface area (Å²) >= 11 is 0. The molecule has 0 radical (unpaired) electrons. The molecule has 0 bridgehead atoms. The number of aromatic nitrogens is 2. The Balaban J connectivity index is 0.00000162. The zero-order valence-corrected chi connectivity index (χ0v) is 11.1. The molecule has 4 heteroatoms. The Morgan fingerprint density at radius 2 is 2.11 bits per heavy atom. The maximum Gasteiger partial charge on any atom is 0.171 e. The molecule has 0 N–H and O–H groups in total. The number of fused-ring (bicyclic) bond motifs is 1. The van der Waals surface area contributed by atoms with Crippen molar-refractivity contribution in [3.8, 4) is 0 Å². The Morgan fingerprint density at radius 1 is 1.39 bits per heavy atom. The first-order valence-electron chi connectivity index (χ1n) is 6.36. The lowest BCUT2D eigenvalue weighted by atomic mass is 10.0. The van der Waals surface area contributed by atoms with Gasteiger partial charge in [-0.1, -0.05) is 7.43 Å². The van der Waals surface area contributed by atoms with E-state index in [0.717, 1.165) is 35.3 Å². The molecular weight excluding hydrogens is 226 g/mol. The van der Waals surface area contributed by atoms with Gasteiger partial charge in [-0.15, -0.1) is 0 Å². The Kier molecular flexibility index (Phi) is 4.68. The molecular formula is C14H26N3O+. The highest BCUT2D eigenvalue weighted by molar-refractivity contribution is 5.97. The van der Waals surface area contributed by atoms with Gasteiger partial charge in [0.05, 0.1) is 45.9 Å². The third kappa shape index (κ3) is 3.42. The Hall–Kier alpha value is -1.16. The van der Waals surface area contributed by atoms with Crippen molar-refractivity contribution in [1.29, 1.82) is 0 Å². The molecule has 0 atom stereocenters. The van der Waals surface area contributed by atoms with Gasteiger partial charge in [0.15, 0.2) is 5.78 Å². The first-order valence-corrected chi connectivity index (χ1v) is 6.36. The lowest BCUT2D eigenvalue weighted by Crippen LogP contribution is -2.36. The fraction of sp³-hybridized carbons (Fsp3) is 0.714. The van der Waals surface area contributed by atoms with E-state index >= 15 is 0 Å². The molecule has 2 rings (SSSR count). The minimum atomic E-state index is 0. The standard InChI is InChI=1S/C13H22N3O.CH4/c1-16(2,3)9-7-13(17)11-10-14-15-8-5-4-6-12(11)15;/h10H,4-9H2,1-3H3;1H4/q+1;. The molecule has 0 aliphatic carbocycles. The smallest absolute Gasteiger partial charge is 0.171 e. The molecule has 1 aromatic heterocycles. The summed E-state index contributed by atoms with van der Waals surface area (Å²) in [6, 6.07) is 0. The first-order chi connectivity index (χ1) is 7.97. The summed E-state index contributed by atoms with van der Waals surface area (Å²) in [4.78, 5) is 12.2. The topological polar surface area (TPSA) is 34.9 Å². The molecule has 0 saturated heterocycles. The van der Waals surface area contributed by atoms with E-state index in [0.29, 0.717) is 6.42 Å². The third-order valence-corrected chi connectivity index (χ3v) is 3.29. The molecule has 0 unspecified atom stereocenters. The number of ketones is 1. The predicted octanol–water partition coefficient (Wildman–Crippen LogP) is 2.13. The highest BCUT2D eigenvalue weighted by atomic mass is 16.1. The summed E-state index contributed by atoms with van der Waals surface area (Å²) in [5, 5.41) is 4.31. The van der Waals surface area contributed by atoms with Crippen molar-refractivity contribution in [2.24, 2.45) is 0 Å². The van der Waals surface area contributed by atoms with Crippen LogP contribution in [0.15, 0.2) is 6.20 Å². The van der Waals surface area contributed by atoms with Crippen LogP contribution in [0, 0.1) is 0 Å². The lowest BCUT2D eigenvalue weighted by Gasteiger charge is -2.23. The molecule has 1 aliphatic rings. The van der Waals surface area contributed by atoms with Gasteiger partial charge in [0.25, 0.3) is 0 Å². The molecule has 18 heavy (non-hydrogen) atoms. The zero-order chi connectivity index (χ0) is 12.5. The fourth-order valence-electron chi connectivity index (χ4n) is 2.23. The Labute approximate surface area is 110 Å². The largest absolute Gasteiger partial charge is 0.331 e. The quantitative estimate of drug-likeness (QED) is 0.608. The average molecular weight is 252 g/mol. The van der Waals surface area contributed by atoms with Crippen LogP contribution in [0.3, 0.4) is 0 Å². The minimum absolute atomic E-state index is 0. The van der Waals surface area contributed by atoms with Crippen molar-refractivity contribution in [3.63, 3.8) is 0 Å². The van der Waals surface area contributed by atoms with Crippen LogP contribution in [0.4, 0.5) is 0 Å². The van der Waals surface area contributed by atoms with Crippen LogP contribution >= 0.6 is 0 Å². The minimum Gasteiger partial charge on any atom is -0.331 e. The molecule has 0 amide bonds. The van der Waals surface area contributed by atoms with E-state index in [2.05, 4.69) is 26.2 Å². The highest BCUT2D eigenvalue weighted by Gasteiger charge is 2.21. The Morgan fingerprint density at radius 3 is 2.78 bits per heavy atom. The summed E-state index contributed by atoms with van der Waals surface area (Å²) in [6.07, 6.45) is 5.74. The number of Topliss-reactive ketones (excluding diaryl/α,β-unsaturated/α-hetero) is 1. The van der Waals surface area contributed by atoms with Crippen LogP contribution in [-0.2, 0) is 13.0 Å². The molecule has 0 spiro atoms. The summed E-state index contributed by atoms with van der Waals surface area (Å²) in [5.41, 5.74) is 2.01. The Bertz CT molecular complexity index is 415. The van der Waals surface area contributed by atoms with E-state index in [-0.39, 0.29) is 13.2 Å². The van der Waals surface area contributed by atoms with Crippen molar-refractivity contribution < 1.29 is 9.28 Å². The number of hydrogen-bond acceptors (Lipinski definition) is 2. The normalized spacial score (nSPS) is 14.8. The van der Waals surface area contributed by atoms with Gasteiger partial charge in [-0.3, -0.25) is 9.48 Å². The van der Waals surface area contributed by atoms with Gasteiger partial charge < -0.3 is 4.48 Å². The van der Waals surface area contributed by atoms with Crippen molar-refractivity contribution in [2.75, 3.05) is 27.7 Å². The van der Waals surface area contributed by atoms with Gasteiger partial charge in [-0.2, -0.15) is 5.10 Å². The zero-order valence-electron chi connectivity index (χ0n) is 11.1. The SMILES string of the molecule is C.C[N+](C)(C)CCC(=O)c1cnn2c1CCCC2. The number of rotatable bonds is 4. The van der Waals surface area contributed by atoms with E-state index in [1.54, 1.807) is 6.20 Å². The number of carbonyl (C=O) groups excluding carboxylic acids is 1. The molecule has 1 aliphatic heterocycles.